The lowest BCUT2D eigenvalue weighted by Crippen LogP contribution is -2.23. The van der Waals surface area contributed by atoms with Gasteiger partial charge in [0.1, 0.15) is 0 Å². The molecule has 1 amide bonds. The van der Waals surface area contributed by atoms with E-state index in [1.807, 2.05) is 24.3 Å². The number of carbonyl (C=O) groups is 1. The standard InChI is InChI=1S/C17H20ClNO/c18-16-10-4-3-8-15(16)9-5-13-19-17(20)12-11-14-6-1-2-7-14/h3-4,8,10,14H,1-2,6-7,11-13H2,(H,19,20). The molecule has 0 aromatic heterocycles. The maximum atomic E-state index is 11.7. The molecule has 20 heavy (non-hydrogen) atoms. The van der Waals surface area contributed by atoms with Crippen LogP contribution < -0.4 is 5.32 Å². The van der Waals surface area contributed by atoms with Crippen molar-refractivity contribution >= 4 is 17.5 Å². The van der Waals surface area contributed by atoms with Crippen molar-refractivity contribution in [2.24, 2.45) is 5.92 Å². The second-order valence-corrected chi connectivity index (χ2v) is 5.65. The SMILES string of the molecule is O=C(CCC1CCCC1)NCC#Cc1ccccc1Cl. The Balaban J connectivity index is 1.68. The van der Waals surface area contributed by atoms with Crippen molar-refractivity contribution in [3.63, 3.8) is 0 Å². The van der Waals surface area contributed by atoms with Crippen LogP contribution in [0.3, 0.4) is 0 Å². The first-order chi connectivity index (χ1) is 9.75. The quantitative estimate of drug-likeness (QED) is 0.840. The normalized spacial score (nSPS) is 14.7. The molecule has 0 heterocycles. The third-order valence-electron chi connectivity index (χ3n) is 3.73. The lowest BCUT2D eigenvalue weighted by molar-refractivity contribution is -0.121. The van der Waals surface area contributed by atoms with Crippen LogP contribution in [0.15, 0.2) is 24.3 Å². The molecule has 0 spiro atoms. The summed E-state index contributed by atoms with van der Waals surface area (Å²) in [5, 5.41) is 3.49. The van der Waals surface area contributed by atoms with Crippen LogP contribution >= 0.6 is 11.6 Å². The van der Waals surface area contributed by atoms with E-state index in [0.29, 0.717) is 18.0 Å². The van der Waals surface area contributed by atoms with Gasteiger partial charge in [0.2, 0.25) is 5.91 Å². The molecule has 2 rings (SSSR count). The van der Waals surface area contributed by atoms with E-state index in [4.69, 9.17) is 11.6 Å². The second kappa shape index (κ2) is 7.97. The van der Waals surface area contributed by atoms with Gasteiger partial charge in [-0.1, -0.05) is 61.3 Å². The van der Waals surface area contributed by atoms with Crippen molar-refractivity contribution in [1.82, 2.24) is 5.32 Å². The van der Waals surface area contributed by atoms with Crippen LogP contribution in [0, 0.1) is 17.8 Å². The fraction of sp³-hybridized carbons (Fsp3) is 0.471. The van der Waals surface area contributed by atoms with Gasteiger partial charge in [0.15, 0.2) is 0 Å². The summed E-state index contributed by atoms with van der Waals surface area (Å²) in [7, 11) is 0. The van der Waals surface area contributed by atoms with E-state index in [1.165, 1.54) is 25.7 Å². The van der Waals surface area contributed by atoms with Crippen LogP contribution in [0.1, 0.15) is 44.1 Å². The van der Waals surface area contributed by atoms with Crippen LogP contribution in [0.4, 0.5) is 0 Å². The average molecular weight is 290 g/mol. The monoisotopic (exact) mass is 289 g/mol. The van der Waals surface area contributed by atoms with Gasteiger partial charge < -0.3 is 5.32 Å². The minimum absolute atomic E-state index is 0.102. The number of hydrogen-bond donors (Lipinski definition) is 1. The number of benzene rings is 1. The predicted octanol–water partition coefficient (Wildman–Crippen LogP) is 3.78. The number of halogens is 1. The van der Waals surface area contributed by atoms with Gasteiger partial charge in [0.25, 0.3) is 0 Å². The van der Waals surface area contributed by atoms with E-state index in [-0.39, 0.29) is 5.91 Å². The van der Waals surface area contributed by atoms with E-state index in [1.54, 1.807) is 0 Å². The molecule has 0 radical (unpaired) electrons. The number of carbonyl (C=O) groups excluding carboxylic acids is 1. The van der Waals surface area contributed by atoms with Crippen molar-refractivity contribution in [2.45, 2.75) is 38.5 Å². The Hall–Kier alpha value is -1.46. The molecule has 1 aliphatic carbocycles. The minimum atomic E-state index is 0.102. The van der Waals surface area contributed by atoms with Gasteiger partial charge in [0, 0.05) is 12.0 Å². The summed E-state index contributed by atoms with van der Waals surface area (Å²) in [6.07, 6.45) is 6.88. The summed E-state index contributed by atoms with van der Waals surface area (Å²) in [6.45, 7) is 0.384. The summed E-state index contributed by atoms with van der Waals surface area (Å²) in [4.78, 5) is 11.7. The maximum Gasteiger partial charge on any atom is 0.220 e. The van der Waals surface area contributed by atoms with Crippen molar-refractivity contribution in [3.8, 4) is 11.8 Å². The van der Waals surface area contributed by atoms with Gasteiger partial charge in [-0.05, 0) is 24.5 Å². The zero-order valence-corrected chi connectivity index (χ0v) is 12.4. The first-order valence-electron chi connectivity index (χ1n) is 7.26. The Morgan fingerprint density at radius 1 is 1.30 bits per heavy atom. The van der Waals surface area contributed by atoms with Gasteiger partial charge in [-0.2, -0.15) is 0 Å². The molecular weight excluding hydrogens is 270 g/mol. The van der Waals surface area contributed by atoms with E-state index < -0.39 is 0 Å². The number of hydrogen-bond acceptors (Lipinski definition) is 1. The Bertz CT molecular complexity index is 509. The molecule has 0 unspecified atom stereocenters. The fourth-order valence-corrected chi connectivity index (χ4v) is 2.75. The van der Waals surface area contributed by atoms with Gasteiger partial charge >= 0.3 is 0 Å². The van der Waals surface area contributed by atoms with Gasteiger partial charge in [-0.3, -0.25) is 4.79 Å². The van der Waals surface area contributed by atoms with Crippen molar-refractivity contribution in [2.75, 3.05) is 6.54 Å². The van der Waals surface area contributed by atoms with Crippen LogP contribution in [0.2, 0.25) is 5.02 Å². The molecule has 2 nitrogen and oxygen atoms in total. The molecule has 0 bridgehead atoms. The minimum Gasteiger partial charge on any atom is -0.345 e. The van der Waals surface area contributed by atoms with Crippen LogP contribution in [0.5, 0.6) is 0 Å². The number of rotatable bonds is 4. The lowest BCUT2D eigenvalue weighted by Gasteiger charge is -2.07. The molecule has 1 aromatic rings. The molecular formula is C17H20ClNO. The zero-order chi connectivity index (χ0) is 14.2. The summed E-state index contributed by atoms with van der Waals surface area (Å²) >= 11 is 6.00. The van der Waals surface area contributed by atoms with Crippen LogP contribution in [-0.4, -0.2) is 12.5 Å². The summed E-state index contributed by atoms with van der Waals surface area (Å²) < 4.78 is 0. The number of amides is 1. The van der Waals surface area contributed by atoms with E-state index in [2.05, 4.69) is 17.2 Å². The van der Waals surface area contributed by atoms with Crippen molar-refractivity contribution in [1.29, 1.82) is 0 Å². The highest BCUT2D eigenvalue weighted by Crippen LogP contribution is 2.28. The van der Waals surface area contributed by atoms with E-state index in [0.717, 1.165) is 17.9 Å². The molecule has 1 fully saturated rings. The predicted molar refractivity (Wildman–Crippen MR) is 82.5 cm³/mol. The van der Waals surface area contributed by atoms with Gasteiger partial charge in [-0.25, -0.2) is 0 Å². The molecule has 1 aliphatic rings. The second-order valence-electron chi connectivity index (χ2n) is 5.25. The van der Waals surface area contributed by atoms with Crippen molar-refractivity contribution < 1.29 is 4.79 Å². The zero-order valence-electron chi connectivity index (χ0n) is 11.6. The maximum absolute atomic E-state index is 11.7. The summed E-state index contributed by atoms with van der Waals surface area (Å²) in [6, 6.07) is 7.46. The van der Waals surface area contributed by atoms with E-state index >= 15 is 0 Å². The highest BCUT2D eigenvalue weighted by molar-refractivity contribution is 6.31. The molecule has 0 atom stereocenters. The molecule has 1 aromatic carbocycles. The molecule has 1 N–H and O–H groups in total. The van der Waals surface area contributed by atoms with Gasteiger partial charge in [-0.15, -0.1) is 0 Å². The highest BCUT2D eigenvalue weighted by atomic mass is 35.5. The smallest absolute Gasteiger partial charge is 0.220 e. The first-order valence-corrected chi connectivity index (χ1v) is 7.63. The third kappa shape index (κ3) is 4.90. The van der Waals surface area contributed by atoms with Crippen LogP contribution in [0.25, 0.3) is 0 Å². The highest BCUT2D eigenvalue weighted by Gasteiger charge is 2.15. The largest absolute Gasteiger partial charge is 0.345 e. The summed E-state index contributed by atoms with van der Waals surface area (Å²) in [5.74, 6) is 6.77. The fourth-order valence-electron chi connectivity index (χ4n) is 2.57. The number of nitrogens with one attached hydrogen (secondary N) is 1. The van der Waals surface area contributed by atoms with Crippen molar-refractivity contribution in [3.05, 3.63) is 34.9 Å². The Labute approximate surface area is 125 Å². The Kier molecular flexibility index (Phi) is 5.95. The van der Waals surface area contributed by atoms with Gasteiger partial charge in [0.05, 0.1) is 11.6 Å². The first kappa shape index (κ1) is 14.9. The topological polar surface area (TPSA) is 29.1 Å². The third-order valence-corrected chi connectivity index (χ3v) is 4.05. The van der Waals surface area contributed by atoms with E-state index in [9.17, 15) is 4.79 Å². The molecule has 106 valence electrons. The summed E-state index contributed by atoms with van der Waals surface area (Å²) in [5.41, 5.74) is 0.800. The molecule has 0 saturated heterocycles. The molecule has 3 heteroatoms. The average Bonchev–Trinajstić information content (AvgIpc) is 2.96. The molecule has 0 aliphatic heterocycles. The Morgan fingerprint density at radius 2 is 2.05 bits per heavy atom. The Morgan fingerprint density at radius 3 is 2.80 bits per heavy atom. The van der Waals surface area contributed by atoms with Crippen LogP contribution in [-0.2, 0) is 4.79 Å². The lowest BCUT2D eigenvalue weighted by atomic mass is 10.0. The molecule has 1 saturated carbocycles.